The Morgan fingerprint density at radius 2 is 0.698 bits per heavy atom. The molecule has 374 valence electrons. The molecule has 0 spiro atoms. The van der Waals surface area contributed by atoms with Gasteiger partial charge in [0.1, 0.15) is 0 Å². The molecule has 0 bridgehead atoms. The van der Waals surface area contributed by atoms with E-state index in [2.05, 4.69) is 54.2 Å². The van der Waals surface area contributed by atoms with Crippen LogP contribution in [0.1, 0.15) is 266 Å². The smallest absolute Gasteiger partial charge is 0.320 e. The van der Waals surface area contributed by atoms with Crippen LogP contribution >= 0.6 is 0 Å². The Morgan fingerprint density at radius 1 is 0.397 bits per heavy atom. The lowest BCUT2D eigenvalue weighted by molar-refractivity contribution is -0.146. The summed E-state index contributed by atoms with van der Waals surface area (Å²) in [7, 11) is 0. The molecule has 7 nitrogen and oxygen atoms in total. The number of likely N-dealkylation sites (tertiary alicyclic amines) is 1. The van der Waals surface area contributed by atoms with Crippen molar-refractivity contribution < 1.29 is 14.3 Å². The molecule has 0 radical (unpaired) electrons. The number of nitrogens with zero attached hydrogens (tertiary/aromatic N) is 4. The Hall–Kier alpha value is -1.18. The molecular formula is C56H112N4O3. The zero-order valence-electron chi connectivity index (χ0n) is 43.5. The summed E-state index contributed by atoms with van der Waals surface area (Å²) in [5.41, 5.74) is 0. The Bertz CT molecular complexity index is 944. The highest BCUT2D eigenvalue weighted by Crippen LogP contribution is 2.19. The van der Waals surface area contributed by atoms with E-state index in [-0.39, 0.29) is 17.8 Å². The summed E-state index contributed by atoms with van der Waals surface area (Å²) in [6.07, 6.45) is 47.1. The molecule has 0 aliphatic carbocycles. The second-order valence-corrected chi connectivity index (χ2v) is 20.2. The number of ether oxygens (including phenoxy) is 1. The minimum absolute atomic E-state index is 0.0796. The number of rotatable bonds is 49. The van der Waals surface area contributed by atoms with Crippen LogP contribution < -0.4 is 0 Å². The molecule has 1 heterocycles. The molecule has 1 unspecified atom stereocenters. The molecule has 1 rings (SSSR count). The Labute approximate surface area is 394 Å². The van der Waals surface area contributed by atoms with Gasteiger partial charge in [0.2, 0.25) is 5.91 Å². The van der Waals surface area contributed by atoms with E-state index in [1.165, 1.54) is 238 Å². The number of amides is 1. The molecule has 0 aromatic heterocycles. The van der Waals surface area contributed by atoms with Crippen LogP contribution in [0.25, 0.3) is 0 Å². The molecular weight excluding hydrogens is 777 g/mol. The zero-order chi connectivity index (χ0) is 45.7. The normalized spacial score (nSPS) is 14.3. The molecule has 1 atom stereocenters. The highest BCUT2D eigenvalue weighted by Gasteiger charge is 2.28. The first-order valence-corrected chi connectivity index (χ1v) is 28.6. The van der Waals surface area contributed by atoms with Crippen molar-refractivity contribution in [2.45, 2.75) is 266 Å². The van der Waals surface area contributed by atoms with Crippen molar-refractivity contribution in [3.63, 3.8) is 0 Å². The predicted octanol–water partition coefficient (Wildman–Crippen LogP) is 15.0. The average Bonchev–Trinajstić information content (AvgIpc) is 3.77. The number of hydrogen-bond donors (Lipinski definition) is 0. The molecule has 7 heteroatoms. The highest BCUT2D eigenvalue weighted by molar-refractivity contribution is 5.78. The first kappa shape index (κ1) is 59.8. The third kappa shape index (κ3) is 37.6. The van der Waals surface area contributed by atoms with Gasteiger partial charge in [0.05, 0.1) is 19.7 Å². The van der Waals surface area contributed by atoms with Gasteiger partial charge in [-0.25, -0.2) is 0 Å². The van der Waals surface area contributed by atoms with Crippen molar-refractivity contribution in [1.29, 1.82) is 0 Å². The van der Waals surface area contributed by atoms with Gasteiger partial charge in [-0.1, -0.05) is 227 Å². The van der Waals surface area contributed by atoms with Crippen LogP contribution in [0, 0.1) is 5.92 Å². The standard InChI is InChI=1S/C56H112N4O3/c1-6-11-16-21-26-31-36-42-57(43-37-32-27-22-17-12-7-2)48-49-59(46-40-35-30-25-20-15-10-5)51-55(61)60-47-41-54(50-60)53-63-56(62)52-58(44-38-33-28-23-18-13-8-3)45-39-34-29-24-19-14-9-4/h54H,6-53H2,1-5H3. The van der Waals surface area contributed by atoms with Gasteiger partial charge in [0.15, 0.2) is 0 Å². The van der Waals surface area contributed by atoms with Crippen LogP contribution in [0.2, 0.25) is 0 Å². The molecule has 1 aliphatic heterocycles. The van der Waals surface area contributed by atoms with Crippen molar-refractivity contribution in [2.75, 3.05) is 78.6 Å². The number of carbonyl (C=O) groups excluding carboxylic acids is 2. The third-order valence-electron chi connectivity index (χ3n) is 14.0. The van der Waals surface area contributed by atoms with Crippen LogP contribution in [-0.2, 0) is 14.3 Å². The predicted molar refractivity (Wildman–Crippen MR) is 275 cm³/mol. The summed E-state index contributed by atoms with van der Waals surface area (Å²) >= 11 is 0. The molecule has 0 aromatic rings. The number of unbranched alkanes of at least 4 members (excludes halogenated alkanes) is 30. The largest absolute Gasteiger partial charge is 0.464 e. The lowest BCUT2D eigenvalue weighted by Gasteiger charge is -2.29. The quantitative estimate of drug-likeness (QED) is 0.0448. The van der Waals surface area contributed by atoms with E-state index in [4.69, 9.17) is 4.74 Å². The van der Waals surface area contributed by atoms with Crippen molar-refractivity contribution >= 4 is 11.9 Å². The van der Waals surface area contributed by atoms with E-state index in [1.54, 1.807) is 0 Å². The molecule has 1 amide bonds. The first-order valence-electron chi connectivity index (χ1n) is 28.6. The van der Waals surface area contributed by atoms with E-state index in [1.807, 2.05) is 0 Å². The molecule has 1 aliphatic rings. The van der Waals surface area contributed by atoms with E-state index >= 15 is 0 Å². The summed E-state index contributed by atoms with van der Waals surface area (Å²) in [6.45, 7) is 21.8. The first-order chi connectivity index (χ1) is 31.0. The van der Waals surface area contributed by atoms with Gasteiger partial charge in [0, 0.05) is 32.1 Å². The Balaban J connectivity index is 2.72. The second kappa shape index (κ2) is 46.0. The molecule has 0 aromatic carbocycles. The average molecular weight is 890 g/mol. The summed E-state index contributed by atoms with van der Waals surface area (Å²) in [5, 5.41) is 0. The second-order valence-electron chi connectivity index (χ2n) is 20.2. The minimum Gasteiger partial charge on any atom is -0.464 e. The monoisotopic (exact) mass is 889 g/mol. The van der Waals surface area contributed by atoms with Gasteiger partial charge in [-0.05, 0) is 71.2 Å². The highest BCUT2D eigenvalue weighted by atomic mass is 16.5. The maximum atomic E-state index is 13.9. The molecule has 1 fully saturated rings. The van der Waals surface area contributed by atoms with Crippen LogP contribution in [0.4, 0.5) is 0 Å². The molecule has 0 N–H and O–H groups in total. The molecule has 1 saturated heterocycles. The van der Waals surface area contributed by atoms with Gasteiger partial charge in [-0.2, -0.15) is 0 Å². The summed E-state index contributed by atoms with van der Waals surface area (Å²) in [4.78, 5) is 36.8. The zero-order valence-corrected chi connectivity index (χ0v) is 43.5. The number of carbonyl (C=O) groups is 2. The summed E-state index contributed by atoms with van der Waals surface area (Å²) in [5.74, 6) is 0.436. The fourth-order valence-corrected chi connectivity index (χ4v) is 9.55. The minimum atomic E-state index is -0.0796. The van der Waals surface area contributed by atoms with E-state index in [0.717, 1.165) is 52.2 Å². The summed E-state index contributed by atoms with van der Waals surface area (Å²) < 4.78 is 5.97. The SMILES string of the molecule is CCCCCCCCCN(CCCCCCCCC)CCN(CCCCCCCCC)CC(=O)N1CCC(COC(=O)CN(CCCCCCCCC)CCCCCCCCC)C1. The van der Waals surface area contributed by atoms with Crippen molar-refractivity contribution in [1.82, 2.24) is 19.6 Å². The number of esters is 1. The lowest BCUT2D eigenvalue weighted by atomic mass is 10.1. The van der Waals surface area contributed by atoms with Crippen LogP contribution in [0.3, 0.4) is 0 Å². The van der Waals surface area contributed by atoms with Crippen molar-refractivity contribution in [2.24, 2.45) is 5.92 Å². The van der Waals surface area contributed by atoms with E-state index < -0.39 is 0 Å². The van der Waals surface area contributed by atoms with Crippen molar-refractivity contribution in [3.8, 4) is 0 Å². The number of hydrogen-bond acceptors (Lipinski definition) is 6. The fourth-order valence-electron chi connectivity index (χ4n) is 9.55. The van der Waals surface area contributed by atoms with Gasteiger partial charge < -0.3 is 14.5 Å². The van der Waals surface area contributed by atoms with E-state index in [9.17, 15) is 9.59 Å². The summed E-state index contributed by atoms with van der Waals surface area (Å²) in [6, 6.07) is 0. The lowest BCUT2D eigenvalue weighted by Crippen LogP contribution is -2.43. The van der Waals surface area contributed by atoms with Gasteiger partial charge in [-0.3, -0.25) is 19.4 Å². The maximum Gasteiger partial charge on any atom is 0.320 e. The third-order valence-corrected chi connectivity index (χ3v) is 14.0. The van der Waals surface area contributed by atoms with Crippen LogP contribution in [-0.4, -0.2) is 110 Å². The molecule has 0 saturated carbocycles. The van der Waals surface area contributed by atoms with Crippen LogP contribution in [0.5, 0.6) is 0 Å². The van der Waals surface area contributed by atoms with Gasteiger partial charge in [-0.15, -0.1) is 0 Å². The van der Waals surface area contributed by atoms with Gasteiger partial charge >= 0.3 is 5.97 Å². The maximum absolute atomic E-state index is 13.9. The van der Waals surface area contributed by atoms with Crippen LogP contribution in [0.15, 0.2) is 0 Å². The van der Waals surface area contributed by atoms with Gasteiger partial charge in [0.25, 0.3) is 0 Å². The Morgan fingerprint density at radius 3 is 1.06 bits per heavy atom. The topological polar surface area (TPSA) is 56.3 Å². The Kier molecular flexibility index (Phi) is 43.6. The van der Waals surface area contributed by atoms with E-state index in [0.29, 0.717) is 19.7 Å². The molecule has 63 heavy (non-hydrogen) atoms. The van der Waals surface area contributed by atoms with Crippen molar-refractivity contribution in [3.05, 3.63) is 0 Å². The fraction of sp³-hybridized carbons (Fsp3) is 0.964.